The first-order chi connectivity index (χ1) is 17.7. The lowest BCUT2D eigenvalue weighted by Crippen LogP contribution is -2.54. The van der Waals surface area contributed by atoms with Crippen molar-refractivity contribution in [2.45, 2.75) is 73.6 Å². The van der Waals surface area contributed by atoms with Crippen LogP contribution in [0.15, 0.2) is 47.4 Å². The Morgan fingerprint density at radius 2 is 1.89 bits per heavy atom. The molecular formula is C26H29ClF2N2O5S. The van der Waals surface area contributed by atoms with Gasteiger partial charge in [-0.05, 0) is 80.8 Å². The molecule has 200 valence electrons. The van der Waals surface area contributed by atoms with Gasteiger partial charge >= 0.3 is 6.09 Å². The molecule has 2 saturated heterocycles. The number of carbonyl (C=O) groups is 1. The maximum Gasteiger partial charge on any atom is 0.410 e. The first-order valence-electron chi connectivity index (χ1n) is 12.5. The molecular weight excluding hydrogens is 526 g/mol. The van der Waals surface area contributed by atoms with Crippen LogP contribution in [0.2, 0.25) is 5.02 Å². The van der Waals surface area contributed by atoms with Crippen LogP contribution in [-0.4, -0.2) is 59.7 Å². The molecule has 1 amide bonds. The topological polar surface area (TPSA) is 87.2 Å². The lowest BCUT2D eigenvalue weighted by Gasteiger charge is -2.44. The van der Waals surface area contributed by atoms with E-state index in [-0.39, 0.29) is 17.7 Å². The summed E-state index contributed by atoms with van der Waals surface area (Å²) in [6.07, 6.45) is 3.14. The third-order valence-corrected chi connectivity index (χ3v) is 9.90. The molecule has 3 atom stereocenters. The number of carbonyl (C=O) groups excluding carboxylic acids is 1. The Hall–Kier alpha value is -2.27. The van der Waals surface area contributed by atoms with E-state index in [1.165, 1.54) is 33.5 Å². The fourth-order valence-corrected chi connectivity index (χ4v) is 7.88. The van der Waals surface area contributed by atoms with Crippen molar-refractivity contribution >= 4 is 27.7 Å². The van der Waals surface area contributed by atoms with E-state index in [2.05, 4.69) is 0 Å². The van der Waals surface area contributed by atoms with Crippen LogP contribution in [0, 0.1) is 11.6 Å². The average Bonchev–Trinajstić information content (AvgIpc) is 3.48. The van der Waals surface area contributed by atoms with E-state index in [1.54, 1.807) is 6.07 Å². The van der Waals surface area contributed by atoms with Crippen LogP contribution >= 0.6 is 11.6 Å². The molecule has 0 bridgehead atoms. The fourth-order valence-electron chi connectivity index (χ4n) is 5.76. The predicted octanol–water partition coefficient (Wildman–Crippen LogP) is 5.03. The van der Waals surface area contributed by atoms with Crippen molar-refractivity contribution in [3.05, 3.63) is 64.7 Å². The van der Waals surface area contributed by atoms with E-state index in [4.69, 9.17) is 16.3 Å². The van der Waals surface area contributed by atoms with Gasteiger partial charge in [0.05, 0.1) is 24.7 Å². The molecule has 0 aromatic heterocycles. The number of likely N-dealkylation sites (tertiary alicyclic amines) is 1. The number of ether oxygens (including phenoxy) is 1. The van der Waals surface area contributed by atoms with Crippen LogP contribution in [-0.2, 0) is 14.8 Å². The Morgan fingerprint density at radius 1 is 1.11 bits per heavy atom. The van der Waals surface area contributed by atoms with Crippen molar-refractivity contribution in [2.75, 3.05) is 13.2 Å². The van der Waals surface area contributed by atoms with E-state index < -0.39 is 50.3 Å². The van der Waals surface area contributed by atoms with Crippen LogP contribution in [0.3, 0.4) is 0 Å². The smallest absolute Gasteiger partial charge is 0.410 e. The van der Waals surface area contributed by atoms with Gasteiger partial charge in [0.15, 0.2) is 0 Å². The third kappa shape index (κ3) is 4.96. The number of benzene rings is 2. The summed E-state index contributed by atoms with van der Waals surface area (Å²) in [4.78, 5) is 14.1. The number of hydrogen-bond donors (Lipinski definition) is 1. The zero-order valence-electron chi connectivity index (χ0n) is 20.2. The molecule has 37 heavy (non-hydrogen) atoms. The Kier molecular flexibility index (Phi) is 7.21. The van der Waals surface area contributed by atoms with Crippen molar-refractivity contribution in [3.63, 3.8) is 0 Å². The minimum Gasteiger partial charge on any atom is -0.441 e. The molecule has 3 aliphatic rings. The average molecular weight is 555 g/mol. The van der Waals surface area contributed by atoms with Crippen LogP contribution in [0.4, 0.5) is 13.6 Å². The minimum absolute atomic E-state index is 0.0602. The summed E-state index contributed by atoms with van der Waals surface area (Å²) in [6, 6.07) is 7.23. The monoisotopic (exact) mass is 554 g/mol. The van der Waals surface area contributed by atoms with E-state index >= 15 is 0 Å². The zero-order valence-corrected chi connectivity index (χ0v) is 21.7. The summed E-state index contributed by atoms with van der Waals surface area (Å²) in [5.74, 6) is -1.49. The molecule has 2 aliphatic heterocycles. The maximum atomic E-state index is 15.0. The van der Waals surface area contributed by atoms with Gasteiger partial charge in [-0.15, -0.1) is 0 Å². The molecule has 7 nitrogen and oxygen atoms in total. The SMILES string of the molecule is O=C(OC1([C@H]2CCC[C@@H](c3cccc(F)c3)N2S(=O)(=O)c2ccc(Cl)cc2F)CC1)N1CCC[C@H]1CO. The first-order valence-corrected chi connectivity index (χ1v) is 14.3. The van der Waals surface area contributed by atoms with Crippen molar-refractivity contribution in [1.29, 1.82) is 0 Å². The van der Waals surface area contributed by atoms with E-state index in [0.29, 0.717) is 50.6 Å². The maximum absolute atomic E-state index is 15.0. The lowest BCUT2D eigenvalue weighted by molar-refractivity contribution is -0.0125. The van der Waals surface area contributed by atoms with Gasteiger partial charge < -0.3 is 14.7 Å². The minimum atomic E-state index is -4.45. The molecule has 2 aromatic rings. The number of rotatable bonds is 6. The molecule has 2 heterocycles. The van der Waals surface area contributed by atoms with E-state index in [9.17, 15) is 27.1 Å². The van der Waals surface area contributed by atoms with Gasteiger partial charge in [-0.25, -0.2) is 22.0 Å². The quantitative estimate of drug-likeness (QED) is 0.541. The fraction of sp³-hybridized carbons (Fsp3) is 0.500. The van der Waals surface area contributed by atoms with Crippen molar-refractivity contribution in [3.8, 4) is 0 Å². The normalized spacial score (nSPS) is 25.7. The zero-order chi connectivity index (χ0) is 26.4. The van der Waals surface area contributed by atoms with Crippen LogP contribution < -0.4 is 0 Å². The highest BCUT2D eigenvalue weighted by atomic mass is 35.5. The number of amides is 1. The lowest BCUT2D eigenvalue weighted by atomic mass is 9.90. The molecule has 0 spiro atoms. The summed E-state index contributed by atoms with van der Waals surface area (Å²) in [6.45, 7) is 0.276. The summed E-state index contributed by atoms with van der Waals surface area (Å²) in [5, 5.41) is 9.70. The van der Waals surface area contributed by atoms with Gasteiger partial charge in [0, 0.05) is 11.6 Å². The summed E-state index contributed by atoms with van der Waals surface area (Å²) in [5.41, 5.74) is -0.633. The highest BCUT2D eigenvalue weighted by molar-refractivity contribution is 7.89. The number of halogens is 3. The predicted molar refractivity (Wildman–Crippen MR) is 132 cm³/mol. The van der Waals surface area contributed by atoms with Gasteiger partial charge in [0.25, 0.3) is 0 Å². The number of nitrogens with zero attached hydrogens (tertiary/aromatic N) is 2. The summed E-state index contributed by atoms with van der Waals surface area (Å²) >= 11 is 5.88. The number of aliphatic hydroxyl groups excluding tert-OH is 1. The summed E-state index contributed by atoms with van der Waals surface area (Å²) < 4.78 is 64.6. The molecule has 1 N–H and O–H groups in total. The molecule has 0 radical (unpaired) electrons. The third-order valence-electron chi connectivity index (χ3n) is 7.72. The second kappa shape index (κ2) is 10.1. The molecule has 11 heteroatoms. The van der Waals surface area contributed by atoms with Crippen LogP contribution in [0.1, 0.15) is 56.6 Å². The number of sulfonamides is 1. The largest absolute Gasteiger partial charge is 0.441 e. The Bertz CT molecular complexity index is 1290. The van der Waals surface area contributed by atoms with Gasteiger partial charge in [0.1, 0.15) is 22.1 Å². The van der Waals surface area contributed by atoms with Crippen LogP contribution in [0.25, 0.3) is 0 Å². The molecule has 0 unspecified atom stereocenters. The Morgan fingerprint density at radius 3 is 2.57 bits per heavy atom. The second-order valence-electron chi connectivity index (χ2n) is 10.0. The van der Waals surface area contributed by atoms with Crippen molar-refractivity contribution in [2.24, 2.45) is 0 Å². The van der Waals surface area contributed by atoms with Gasteiger partial charge in [0.2, 0.25) is 10.0 Å². The summed E-state index contributed by atoms with van der Waals surface area (Å²) in [7, 11) is -4.45. The highest BCUT2D eigenvalue weighted by Gasteiger charge is 2.60. The molecule has 1 saturated carbocycles. The van der Waals surface area contributed by atoms with Crippen molar-refractivity contribution < 1.29 is 31.8 Å². The van der Waals surface area contributed by atoms with Crippen LogP contribution in [0.5, 0.6) is 0 Å². The molecule has 3 fully saturated rings. The van der Waals surface area contributed by atoms with Gasteiger partial charge in [-0.2, -0.15) is 4.31 Å². The number of aliphatic hydroxyl groups is 1. The Balaban J connectivity index is 1.55. The van der Waals surface area contributed by atoms with Gasteiger partial charge in [-0.3, -0.25) is 0 Å². The highest BCUT2D eigenvalue weighted by Crippen LogP contribution is 2.53. The standard InChI is InChI=1S/C26H29ClF2N2O5S/c27-18-9-10-23(21(29)15-18)37(34,35)31-22(17-4-1-5-19(28)14-17)7-2-8-24(31)26(11-12-26)36-25(33)30-13-3-6-20(30)16-32/h1,4-5,9-10,14-15,20,22,24,32H,2-3,6-8,11-13,16H2/t20-,22-,24+/m0/s1. The Labute approximate surface area is 220 Å². The molecule has 2 aromatic carbocycles. The molecule has 5 rings (SSSR count). The van der Waals surface area contributed by atoms with E-state index in [1.807, 2.05) is 0 Å². The first kappa shape index (κ1) is 26.3. The van der Waals surface area contributed by atoms with Gasteiger partial charge in [-0.1, -0.05) is 23.7 Å². The number of piperidine rings is 1. The number of hydrogen-bond acceptors (Lipinski definition) is 5. The van der Waals surface area contributed by atoms with Crippen molar-refractivity contribution in [1.82, 2.24) is 9.21 Å². The van der Waals surface area contributed by atoms with E-state index in [0.717, 1.165) is 18.6 Å². The molecule has 1 aliphatic carbocycles. The second-order valence-corrected chi connectivity index (χ2v) is 12.3.